The van der Waals surface area contributed by atoms with E-state index in [2.05, 4.69) is 15.2 Å². The molecule has 22 heavy (non-hydrogen) atoms. The first kappa shape index (κ1) is 13.8. The third-order valence-corrected chi connectivity index (χ3v) is 3.16. The zero-order valence-corrected chi connectivity index (χ0v) is 11.3. The van der Waals surface area contributed by atoms with Gasteiger partial charge in [0.05, 0.1) is 11.1 Å². The molecule has 7 heteroatoms. The van der Waals surface area contributed by atoms with Gasteiger partial charge in [-0.3, -0.25) is 15.8 Å². The highest BCUT2D eigenvalue weighted by Gasteiger charge is 2.11. The summed E-state index contributed by atoms with van der Waals surface area (Å²) in [5, 5.41) is 25.7. The molecule has 0 amide bonds. The third-order valence-electron chi connectivity index (χ3n) is 3.16. The average Bonchev–Trinajstić information content (AvgIpc) is 2.95. The molecule has 0 spiro atoms. The molecule has 0 saturated carbocycles. The van der Waals surface area contributed by atoms with Gasteiger partial charge in [0.15, 0.2) is 11.7 Å². The Labute approximate surface area is 124 Å². The van der Waals surface area contributed by atoms with Gasteiger partial charge in [0.2, 0.25) is 0 Å². The number of hydrogen-bond acceptors (Lipinski definition) is 4. The Balaban J connectivity index is 2.11. The molecule has 4 N–H and O–H groups in total. The van der Waals surface area contributed by atoms with Crippen LogP contribution in [-0.2, 0) is 0 Å². The van der Waals surface area contributed by atoms with Crippen molar-refractivity contribution in [3.05, 3.63) is 59.7 Å². The predicted molar refractivity (Wildman–Crippen MR) is 80.6 cm³/mol. The van der Waals surface area contributed by atoms with Crippen LogP contribution < -0.4 is 5.48 Å². The lowest BCUT2D eigenvalue weighted by molar-refractivity contribution is 0.0697. The molecule has 1 aromatic heterocycles. The average molecular weight is 296 g/mol. The summed E-state index contributed by atoms with van der Waals surface area (Å²) in [6.45, 7) is 0. The summed E-state index contributed by atoms with van der Waals surface area (Å²) < 4.78 is 0. The number of nitrogens with one attached hydrogen (secondary N) is 2. The number of carbonyl (C=O) groups is 1. The molecule has 0 unspecified atom stereocenters. The van der Waals surface area contributed by atoms with Crippen LogP contribution in [0.15, 0.2) is 53.5 Å². The molecule has 110 valence electrons. The molecule has 0 saturated heterocycles. The second kappa shape index (κ2) is 5.66. The Kier molecular flexibility index (Phi) is 3.55. The van der Waals surface area contributed by atoms with E-state index in [0.29, 0.717) is 22.3 Å². The fourth-order valence-electron chi connectivity index (χ4n) is 2.07. The maximum atomic E-state index is 11.1. The van der Waals surface area contributed by atoms with Crippen molar-refractivity contribution in [3.8, 4) is 0 Å². The van der Waals surface area contributed by atoms with Gasteiger partial charge in [0.25, 0.3) is 0 Å². The summed E-state index contributed by atoms with van der Waals surface area (Å²) in [4.78, 5) is 15.3. The van der Waals surface area contributed by atoms with Crippen LogP contribution in [0.3, 0.4) is 0 Å². The number of H-pyrrole nitrogens is 1. The van der Waals surface area contributed by atoms with Crippen molar-refractivity contribution in [2.75, 3.05) is 0 Å². The number of nitrogens with zero attached hydrogens (tertiary/aromatic N) is 2. The normalized spacial score (nSPS) is 11.6. The van der Waals surface area contributed by atoms with Crippen LogP contribution in [0.1, 0.15) is 15.9 Å². The van der Waals surface area contributed by atoms with E-state index in [9.17, 15) is 10.0 Å². The molecule has 1 heterocycles. The maximum Gasteiger partial charge on any atom is 0.335 e. The van der Waals surface area contributed by atoms with Gasteiger partial charge in [0.1, 0.15) is 0 Å². The Morgan fingerprint density at radius 2 is 1.91 bits per heavy atom. The minimum absolute atomic E-state index is 0.142. The lowest BCUT2D eigenvalue weighted by Gasteiger charge is -2.03. The van der Waals surface area contributed by atoms with Crippen LogP contribution >= 0.6 is 0 Å². The number of hydroxylamine groups is 1. The molecule has 3 rings (SSSR count). The Morgan fingerprint density at radius 1 is 1.14 bits per heavy atom. The molecular formula is C15H12N4O3. The third kappa shape index (κ3) is 2.52. The quantitative estimate of drug-likeness (QED) is 0.337. The first-order chi connectivity index (χ1) is 10.7. The van der Waals surface area contributed by atoms with Gasteiger partial charge in [-0.15, -0.1) is 0 Å². The Morgan fingerprint density at radius 3 is 2.59 bits per heavy atom. The molecule has 3 aromatic rings. The van der Waals surface area contributed by atoms with Gasteiger partial charge >= 0.3 is 5.97 Å². The zero-order chi connectivity index (χ0) is 15.5. The minimum atomic E-state index is -1.03. The van der Waals surface area contributed by atoms with Crippen molar-refractivity contribution >= 4 is 28.5 Å². The summed E-state index contributed by atoms with van der Waals surface area (Å²) in [6.07, 6.45) is 0. The fraction of sp³-hybridized carbons (Fsp3) is 0. The van der Waals surface area contributed by atoms with E-state index in [1.54, 1.807) is 18.2 Å². The molecule has 0 aliphatic rings. The molecule has 0 aliphatic carbocycles. The molecule has 2 aromatic carbocycles. The van der Waals surface area contributed by atoms with Crippen LogP contribution in [0.4, 0.5) is 5.82 Å². The summed E-state index contributed by atoms with van der Waals surface area (Å²) in [6, 6.07) is 13.6. The van der Waals surface area contributed by atoms with Gasteiger partial charge < -0.3 is 5.11 Å². The van der Waals surface area contributed by atoms with Crippen molar-refractivity contribution < 1.29 is 15.1 Å². The first-order valence-corrected chi connectivity index (χ1v) is 6.44. The number of hydrogen-bond donors (Lipinski definition) is 4. The number of aromatic amines is 1. The number of carboxylic acid groups (broad SMARTS) is 1. The van der Waals surface area contributed by atoms with Crippen molar-refractivity contribution in [1.29, 1.82) is 0 Å². The Hall–Kier alpha value is -3.19. The lowest BCUT2D eigenvalue weighted by atomic mass is 10.1. The van der Waals surface area contributed by atoms with Crippen LogP contribution in [0.25, 0.3) is 10.9 Å². The van der Waals surface area contributed by atoms with E-state index < -0.39 is 5.97 Å². The molecule has 0 aliphatic heterocycles. The molecule has 0 atom stereocenters. The van der Waals surface area contributed by atoms with Crippen molar-refractivity contribution in [2.45, 2.75) is 0 Å². The van der Waals surface area contributed by atoms with E-state index in [0.717, 1.165) is 0 Å². The topological polar surface area (TPSA) is 111 Å². The number of carboxylic acids is 1. The Bertz CT molecular complexity index is 856. The zero-order valence-electron chi connectivity index (χ0n) is 11.3. The first-order valence-electron chi connectivity index (χ1n) is 6.44. The highest BCUT2D eigenvalue weighted by molar-refractivity contribution is 6.03. The molecular weight excluding hydrogens is 284 g/mol. The SMILES string of the molecule is O=C(O)c1ccc2[nH]nc(N=C(NO)c3ccccc3)c2c1. The lowest BCUT2D eigenvalue weighted by Crippen LogP contribution is -2.19. The number of amidine groups is 1. The summed E-state index contributed by atoms with van der Waals surface area (Å²) in [5.74, 6) is -0.519. The summed E-state index contributed by atoms with van der Waals surface area (Å²) >= 11 is 0. The highest BCUT2D eigenvalue weighted by atomic mass is 16.5. The maximum absolute atomic E-state index is 11.1. The summed E-state index contributed by atoms with van der Waals surface area (Å²) in [5.41, 5.74) is 3.52. The van der Waals surface area contributed by atoms with Crippen LogP contribution in [0.2, 0.25) is 0 Å². The monoisotopic (exact) mass is 296 g/mol. The molecule has 7 nitrogen and oxygen atoms in total. The second-order valence-corrected chi connectivity index (χ2v) is 4.55. The number of aromatic nitrogens is 2. The van der Waals surface area contributed by atoms with Gasteiger partial charge in [-0.05, 0) is 18.2 Å². The van der Waals surface area contributed by atoms with E-state index in [-0.39, 0.29) is 11.4 Å². The van der Waals surface area contributed by atoms with Crippen LogP contribution in [-0.4, -0.2) is 32.3 Å². The van der Waals surface area contributed by atoms with E-state index in [1.165, 1.54) is 12.1 Å². The highest BCUT2D eigenvalue weighted by Crippen LogP contribution is 2.24. The predicted octanol–water partition coefficient (Wildman–Crippen LogP) is 2.32. The smallest absolute Gasteiger partial charge is 0.335 e. The van der Waals surface area contributed by atoms with Crippen molar-refractivity contribution in [3.63, 3.8) is 0 Å². The van der Waals surface area contributed by atoms with E-state index >= 15 is 0 Å². The van der Waals surface area contributed by atoms with Gasteiger partial charge in [-0.25, -0.2) is 9.79 Å². The van der Waals surface area contributed by atoms with Gasteiger partial charge in [-0.2, -0.15) is 5.10 Å². The van der Waals surface area contributed by atoms with Crippen LogP contribution in [0.5, 0.6) is 0 Å². The van der Waals surface area contributed by atoms with Gasteiger partial charge in [-0.1, -0.05) is 30.3 Å². The standard InChI is InChI=1S/C15H12N4O3/c20-15(21)10-6-7-12-11(8-10)14(18-17-12)16-13(19-22)9-4-2-1-3-5-9/h1-8,22H,(H,20,21)(H2,16,17,18,19). The fourth-order valence-corrected chi connectivity index (χ4v) is 2.07. The van der Waals surface area contributed by atoms with E-state index in [4.69, 9.17) is 5.11 Å². The summed E-state index contributed by atoms with van der Waals surface area (Å²) in [7, 11) is 0. The molecule has 0 bridgehead atoms. The number of rotatable bonds is 3. The number of fused-ring (bicyclic) bond motifs is 1. The van der Waals surface area contributed by atoms with Crippen molar-refractivity contribution in [1.82, 2.24) is 15.7 Å². The minimum Gasteiger partial charge on any atom is -0.478 e. The van der Waals surface area contributed by atoms with Crippen molar-refractivity contribution in [2.24, 2.45) is 4.99 Å². The number of benzene rings is 2. The van der Waals surface area contributed by atoms with Crippen LogP contribution in [0, 0.1) is 0 Å². The largest absolute Gasteiger partial charge is 0.478 e. The molecule has 0 radical (unpaired) electrons. The van der Waals surface area contributed by atoms with E-state index in [1.807, 2.05) is 23.7 Å². The second-order valence-electron chi connectivity index (χ2n) is 4.55. The number of aromatic carboxylic acids is 1. The molecule has 0 fully saturated rings. The number of aliphatic imine (C=N–C) groups is 1. The van der Waals surface area contributed by atoms with Gasteiger partial charge in [0, 0.05) is 10.9 Å².